The molecule has 2 rings (SSSR count). The van der Waals surface area contributed by atoms with Gasteiger partial charge in [-0.2, -0.15) is 0 Å². The topological polar surface area (TPSA) is 17.1 Å². The Hall–Kier alpha value is -1.63. The van der Waals surface area contributed by atoms with E-state index in [2.05, 4.69) is 19.1 Å². The minimum Gasteiger partial charge on any atom is -0.294 e. The summed E-state index contributed by atoms with van der Waals surface area (Å²) in [6.07, 6.45) is 17.6. The van der Waals surface area contributed by atoms with Crippen LogP contribution in [0.1, 0.15) is 19.8 Å². The first-order valence-corrected chi connectivity index (χ1v) is 5.68. The summed E-state index contributed by atoms with van der Waals surface area (Å²) in [6.45, 7) is 2.06. The molecule has 1 atom stereocenters. The average Bonchev–Trinajstić information content (AvgIpc) is 2.54. The molecule has 1 unspecified atom stereocenters. The first-order valence-electron chi connectivity index (χ1n) is 5.68. The molecule has 0 saturated heterocycles. The zero-order chi connectivity index (χ0) is 11.4. The fraction of sp³-hybridized carbons (Fsp3) is 0.267. The third-order valence-electron chi connectivity index (χ3n) is 2.89. The fourth-order valence-electron chi connectivity index (χ4n) is 1.99. The molecule has 0 aromatic heterocycles. The highest BCUT2D eigenvalue weighted by atomic mass is 16.1. The third-order valence-corrected chi connectivity index (χ3v) is 2.89. The number of carbonyl (C=O) groups is 1. The van der Waals surface area contributed by atoms with Crippen molar-refractivity contribution in [3.05, 3.63) is 59.8 Å². The quantitative estimate of drug-likeness (QED) is 0.684. The van der Waals surface area contributed by atoms with Crippen LogP contribution in [0.5, 0.6) is 0 Å². The van der Waals surface area contributed by atoms with Gasteiger partial charge in [0.1, 0.15) is 0 Å². The molecule has 82 valence electrons. The van der Waals surface area contributed by atoms with Crippen LogP contribution in [-0.4, -0.2) is 5.78 Å². The maximum atomic E-state index is 12.2. The summed E-state index contributed by atoms with van der Waals surface area (Å²) in [5.41, 5.74) is 2.16. The Labute approximate surface area is 96.6 Å². The summed E-state index contributed by atoms with van der Waals surface area (Å²) in [5.74, 6) is 0.301. The Morgan fingerprint density at radius 1 is 1.19 bits per heavy atom. The number of carbonyl (C=O) groups excluding carboxylic acids is 1. The van der Waals surface area contributed by atoms with Gasteiger partial charge in [0, 0.05) is 5.92 Å². The highest BCUT2D eigenvalue weighted by molar-refractivity contribution is 5.99. The van der Waals surface area contributed by atoms with Crippen molar-refractivity contribution in [1.29, 1.82) is 0 Å². The molecule has 0 bridgehead atoms. The van der Waals surface area contributed by atoms with Gasteiger partial charge in [-0.15, -0.1) is 0 Å². The fourth-order valence-corrected chi connectivity index (χ4v) is 1.99. The van der Waals surface area contributed by atoms with E-state index in [9.17, 15) is 4.79 Å². The summed E-state index contributed by atoms with van der Waals surface area (Å²) in [6, 6.07) is 0. The Kier molecular flexibility index (Phi) is 3.35. The van der Waals surface area contributed by atoms with Crippen molar-refractivity contribution in [1.82, 2.24) is 0 Å². The maximum absolute atomic E-state index is 12.2. The predicted octanol–water partition coefficient (Wildman–Crippen LogP) is 3.52. The van der Waals surface area contributed by atoms with Crippen molar-refractivity contribution in [3.8, 4) is 0 Å². The van der Waals surface area contributed by atoms with Crippen LogP contribution in [0.25, 0.3) is 0 Å². The lowest BCUT2D eigenvalue weighted by molar-refractivity contribution is -0.117. The van der Waals surface area contributed by atoms with Crippen LogP contribution in [0.2, 0.25) is 0 Å². The van der Waals surface area contributed by atoms with Gasteiger partial charge in [0.05, 0.1) is 0 Å². The van der Waals surface area contributed by atoms with E-state index in [-0.39, 0.29) is 11.7 Å². The Balaban J connectivity index is 2.13. The lowest BCUT2D eigenvalue weighted by Gasteiger charge is -2.14. The molecule has 0 heterocycles. The Morgan fingerprint density at radius 3 is 2.75 bits per heavy atom. The standard InChI is InChI=1S/C15H16O/c1-12-7-5-6-10-14(11-12)15(16)13-8-3-2-4-9-13/h2-8,10,13H,9,11H2,1H3. The van der Waals surface area contributed by atoms with E-state index in [0.717, 1.165) is 18.4 Å². The van der Waals surface area contributed by atoms with E-state index in [0.29, 0.717) is 0 Å². The minimum atomic E-state index is 0.0375. The third kappa shape index (κ3) is 2.48. The molecule has 16 heavy (non-hydrogen) atoms. The Bertz CT molecular complexity index is 430. The molecule has 2 aliphatic carbocycles. The van der Waals surface area contributed by atoms with Gasteiger partial charge in [-0.1, -0.05) is 54.2 Å². The lowest BCUT2D eigenvalue weighted by Crippen LogP contribution is -2.15. The average molecular weight is 212 g/mol. The second-order valence-electron chi connectivity index (χ2n) is 4.29. The molecule has 0 N–H and O–H groups in total. The number of hydrogen-bond donors (Lipinski definition) is 0. The molecular weight excluding hydrogens is 196 g/mol. The second kappa shape index (κ2) is 4.93. The Morgan fingerprint density at radius 2 is 2.00 bits per heavy atom. The van der Waals surface area contributed by atoms with Crippen molar-refractivity contribution >= 4 is 5.78 Å². The first-order chi connectivity index (χ1) is 7.77. The number of ketones is 1. The van der Waals surface area contributed by atoms with E-state index in [1.165, 1.54) is 5.57 Å². The van der Waals surface area contributed by atoms with Gasteiger partial charge in [-0.05, 0) is 25.3 Å². The maximum Gasteiger partial charge on any atom is 0.166 e. The van der Waals surface area contributed by atoms with Gasteiger partial charge in [0.2, 0.25) is 0 Å². The zero-order valence-corrected chi connectivity index (χ0v) is 9.52. The van der Waals surface area contributed by atoms with Crippen LogP contribution >= 0.6 is 0 Å². The number of rotatable bonds is 2. The summed E-state index contributed by atoms with van der Waals surface area (Å²) < 4.78 is 0. The molecule has 0 fully saturated rings. The van der Waals surface area contributed by atoms with Gasteiger partial charge >= 0.3 is 0 Å². The summed E-state index contributed by atoms with van der Waals surface area (Å²) in [4.78, 5) is 12.2. The van der Waals surface area contributed by atoms with Crippen LogP contribution in [0, 0.1) is 5.92 Å². The van der Waals surface area contributed by atoms with E-state index in [1.807, 2.05) is 36.5 Å². The molecule has 0 amide bonds. The van der Waals surface area contributed by atoms with Gasteiger partial charge in [-0.25, -0.2) is 0 Å². The summed E-state index contributed by atoms with van der Waals surface area (Å²) >= 11 is 0. The molecule has 0 saturated carbocycles. The number of hydrogen-bond acceptors (Lipinski definition) is 1. The molecule has 0 aromatic rings. The molecule has 2 aliphatic rings. The number of Topliss-reactive ketones (excluding diaryl/α,β-unsaturated/α-hetero) is 1. The van der Waals surface area contributed by atoms with Crippen molar-refractivity contribution in [2.45, 2.75) is 19.8 Å². The van der Waals surface area contributed by atoms with Crippen LogP contribution in [0.15, 0.2) is 59.8 Å². The first kappa shape index (κ1) is 10.9. The molecule has 0 aliphatic heterocycles. The SMILES string of the molecule is CC1=CC=CC=C(C(=O)C2C=CC=CC2)C1. The van der Waals surface area contributed by atoms with Crippen LogP contribution in [0.4, 0.5) is 0 Å². The largest absolute Gasteiger partial charge is 0.294 e. The van der Waals surface area contributed by atoms with Crippen LogP contribution < -0.4 is 0 Å². The monoisotopic (exact) mass is 212 g/mol. The van der Waals surface area contributed by atoms with Gasteiger partial charge in [0.25, 0.3) is 0 Å². The van der Waals surface area contributed by atoms with E-state index in [4.69, 9.17) is 0 Å². The molecule has 1 heteroatoms. The van der Waals surface area contributed by atoms with Crippen molar-refractivity contribution in [2.24, 2.45) is 5.92 Å². The predicted molar refractivity (Wildman–Crippen MR) is 67.0 cm³/mol. The van der Waals surface area contributed by atoms with E-state index < -0.39 is 0 Å². The van der Waals surface area contributed by atoms with Crippen molar-refractivity contribution in [3.63, 3.8) is 0 Å². The molecule has 0 aromatic carbocycles. The van der Waals surface area contributed by atoms with Gasteiger partial charge in [0.15, 0.2) is 5.78 Å². The lowest BCUT2D eigenvalue weighted by atomic mass is 9.89. The number of allylic oxidation sites excluding steroid dienone is 10. The van der Waals surface area contributed by atoms with Crippen LogP contribution in [-0.2, 0) is 4.79 Å². The van der Waals surface area contributed by atoms with E-state index >= 15 is 0 Å². The second-order valence-corrected chi connectivity index (χ2v) is 4.29. The highest BCUT2D eigenvalue weighted by Gasteiger charge is 2.19. The van der Waals surface area contributed by atoms with Crippen molar-refractivity contribution < 1.29 is 4.79 Å². The smallest absolute Gasteiger partial charge is 0.166 e. The normalized spacial score (nSPS) is 23.7. The molecular formula is C15H16O. The van der Waals surface area contributed by atoms with Crippen LogP contribution in [0.3, 0.4) is 0 Å². The molecule has 0 radical (unpaired) electrons. The van der Waals surface area contributed by atoms with Gasteiger partial charge < -0.3 is 0 Å². The van der Waals surface area contributed by atoms with Gasteiger partial charge in [-0.3, -0.25) is 4.79 Å². The molecule has 0 spiro atoms. The highest BCUT2D eigenvalue weighted by Crippen LogP contribution is 2.22. The molecule has 1 nitrogen and oxygen atoms in total. The van der Waals surface area contributed by atoms with Crippen molar-refractivity contribution in [2.75, 3.05) is 0 Å². The summed E-state index contributed by atoms with van der Waals surface area (Å²) in [5, 5.41) is 0. The zero-order valence-electron chi connectivity index (χ0n) is 9.52. The summed E-state index contributed by atoms with van der Waals surface area (Å²) in [7, 11) is 0. The minimum absolute atomic E-state index is 0.0375. The van der Waals surface area contributed by atoms with E-state index in [1.54, 1.807) is 0 Å².